The van der Waals surface area contributed by atoms with E-state index in [1.165, 1.54) is 19.1 Å². The van der Waals surface area contributed by atoms with E-state index in [4.69, 9.17) is 9.47 Å². The highest BCUT2D eigenvalue weighted by Crippen LogP contribution is 2.17. The van der Waals surface area contributed by atoms with Crippen LogP contribution < -0.4 is 0 Å². The standard InChI is InChI=1S/C10H14O4/c1-6(2)10-8(12)4-5-9(14-10)13-7(3)11/h4-6,9-10H,1-3H3. The van der Waals surface area contributed by atoms with E-state index in [1.807, 2.05) is 13.8 Å². The van der Waals surface area contributed by atoms with Gasteiger partial charge < -0.3 is 9.47 Å². The van der Waals surface area contributed by atoms with E-state index >= 15 is 0 Å². The van der Waals surface area contributed by atoms with Crippen LogP contribution in [-0.2, 0) is 19.1 Å². The van der Waals surface area contributed by atoms with E-state index in [2.05, 4.69) is 0 Å². The molecule has 0 amide bonds. The molecule has 0 aromatic heterocycles. The highest BCUT2D eigenvalue weighted by molar-refractivity contribution is 5.94. The Morgan fingerprint density at radius 3 is 2.71 bits per heavy atom. The molecular weight excluding hydrogens is 184 g/mol. The second-order valence-corrected chi connectivity index (χ2v) is 3.54. The first kappa shape index (κ1) is 10.9. The van der Waals surface area contributed by atoms with Gasteiger partial charge in [0.2, 0.25) is 6.29 Å². The topological polar surface area (TPSA) is 52.6 Å². The van der Waals surface area contributed by atoms with E-state index in [-0.39, 0.29) is 11.7 Å². The number of ether oxygens (including phenoxy) is 2. The maximum atomic E-state index is 11.3. The summed E-state index contributed by atoms with van der Waals surface area (Å²) in [4.78, 5) is 22.0. The van der Waals surface area contributed by atoms with E-state index in [9.17, 15) is 9.59 Å². The maximum Gasteiger partial charge on any atom is 0.305 e. The molecule has 1 rings (SSSR count). The van der Waals surface area contributed by atoms with Crippen LogP contribution in [0.3, 0.4) is 0 Å². The Labute approximate surface area is 82.9 Å². The van der Waals surface area contributed by atoms with Crippen LogP contribution in [0.15, 0.2) is 12.2 Å². The first-order valence-corrected chi connectivity index (χ1v) is 4.55. The summed E-state index contributed by atoms with van der Waals surface area (Å²) >= 11 is 0. The van der Waals surface area contributed by atoms with Crippen LogP contribution in [0.1, 0.15) is 20.8 Å². The lowest BCUT2D eigenvalue weighted by Crippen LogP contribution is -2.37. The van der Waals surface area contributed by atoms with E-state index in [0.717, 1.165) is 0 Å². The van der Waals surface area contributed by atoms with Gasteiger partial charge in [-0.15, -0.1) is 0 Å². The van der Waals surface area contributed by atoms with Crippen molar-refractivity contribution in [1.82, 2.24) is 0 Å². The molecule has 0 spiro atoms. The lowest BCUT2D eigenvalue weighted by molar-refractivity contribution is -0.183. The third-order valence-corrected chi connectivity index (χ3v) is 1.87. The van der Waals surface area contributed by atoms with Crippen LogP contribution in [0.5, 0.6) is 0 Å². The summed E-state index contributed by atoms with van der Waals surface area (Å²) in [6.07, 6.45) is 1.62. The van der Waals surface area contributed by atoms with Gasteiger partial charge in [0, 0.05) is 6.92 Å². The Hall–Kier alpha value is -1.16. The average molecular weight is 198 g/mol. The summed E-state index contributed by atoms with van der Waals surface area (Å²) in [5.74, 6) is -0.426. The normalized spacial score (nSPS) is 26.7. The molecule has 4 nitrogen and oxygen atoms in total. The Kier molecular flexibility index (Phi) is 3.41. The van der Waals surface area contributed by atoms with Crippen molar-refractivity contribution >= 4 is 11.8 Å². The molecule has 0 aliphatic carbocycles. The summed E-state index contributed by atoms with van der Waals surface area (Å²) in [7, 11) is 0. The van der Waals surface area contributed by atoms with Crippen LogP contribution in [-0.4, -0.2) is 24.1 Å². The molecule has 0 N–H and O–H groups in total. The predicted molar refractivity (Wildman–Crippen MR) is 49.4 cm³/mol. The van der Waals surface area contributed by atoms with Crippen LogP contribution in [0.2, 0.25) is 0 Å². The summed E-state index contributed by atoms with van der Waals surface area (Å²) in [6.45, 7) is 5.07. The molecule has 0 fully saturated rings. The van der Waals surface area contributed by atoms with Gasteiger partial charge in [-0.1, -0.05) is 13.8 Å². The fourth-order valence-electron chi connectivity index (χ4n) is 1.24. The summed E-state index contributed by atoms with van der Waals surface area (Å²) in [5, 5.41) is 0. The average Bonchev–Trinajstić information content (AvgIpc) is 2.07. The van der Waals surface area contributed by atoms with Crippen LogP contribution >= 0.6 is 0 Å². The molecule has 0 saturated heterocycles. The molecule has 1 aliphatic heterocycles. The molecule has 0 aromatic carbocycles. The minimum Gasteiger partial charge on any atom is -0.432 e. The first-order chi connectivity index (χ1) is 6.50. The molecule has 2 atom stereocenters. The Bertz CT molecular complexity index is 267. The predicted octanol–water partition coefficient (Wildman–Crippen LogP) is 1.06. The van der Waals surface area contributed by atoms with Gasteiger partial charge in [-0.2, -0.15) is 0 Å². The van der Waals surface area contributed by atoms with E-state index in [1.54, 1.807) is 0 Å². The quantitative estimate of drug-likeness (QED) is 0.622. The summed E-state index contributed by atoms with van der Waals surface area (Å²) < 4.78 is 10.1. The van der Waals surface area contributed by atoms with Crippen molar-refractivity contribution in [1.29, 1.82) is 0 Å². The summed E-state index contributed by atoms with van der Waals surface area (Å²) in [6, 6.07) is 0. The number of ketones is 1. The number of hydrogen-bond donors (Lipinski definition) is 0. The smallest absolute Gasteiger partial charge is 0.305 e. The Morgan fingerprint density at radius 2 is 2.21 bits per heavy atom. The Morgan fingerprint density at radius 1 is 1.57 bits per heavy atom. The molecular formula is C10H14O4. The third kappa shape index (κ3) is 2.67. The van der Waals surface area contributed by atoms with Gasteiger partial charge >= 0.3 is 5.97 Å². The van der Waals surface area contributed by atoms with Gasteiger partial charge in [0.1, 0.15) is 6.10 Å². The minimum absolute atomic E-state index is 0.0745. The molecule has 4 heteroatoms. The number of carbonyl (C=O) groups excluding carboxylic acids is 2. The number of rotatable bonds is 2. The highest BCUT2D eigenvalue weighted by Gasteiger charge is 2.28. The molecule has 0 saturated carbocycles. The van der Waals surface area contributed by atoms with Crippen molar-refractivity contribution in [3.63, 3.8) is 0 Å². The first-order valence-electron chi connectivity index (χ1n) is 4.55. The van der Waals surface area contributed by atoms with Crippen molar-refractivity contribution in [2.24, 2.45) is 5.92 Å². The molecule has 0 bridgehead atoms. The zero-order chi connectivity index (χ0) is 10.7. The van der Waals surface area contributed by atoms with Gasteiger partial charge in [0.05, 0.1) is 0 Å². The SMILES string of the molecule is CC(=O)OC1C=CC(=O)C(C(C)C)O1. The fraction of sp³-hybridized carbons (Fsp3) is 0.600. The van der Waals surface area contributed by atoms with Gasteiger partial charge in [0.25, 0.3) is 0 Å². The van der Waals surface area contributed by atoms with E-state index < -0.39 is 18.4 Å². The molecule has 1 heterocycles. The second-order valence-electron chi connectivity index (χ2n) is 3.54. The van der Waals surface area contributed by atoms with Crippen LogP contribution in [0, 0.1) is 5.92 Å². The lowest BCUT2D eigenvalue weighted by atomic mass is 10.0. The number of carbonyl (C=O) groups is 2. The second kappa shape index (κ2) is 4.37. The molecule has 2 unspecified atom stereocenters. The third-order valence-electron chi connectivity index (χ3n) is 1.87. The zero-order valence-electron chi connectivity index (χ0n) is 8.52. The van der Waals surface area contributed by atoms with Gasteiger partial charge in [-0.05, 0) is 18.1 Å². The van der Waals surface area contributed by atoms with Crippen molar-refractivity contribution in [2.75, 3.05) is 0 Å². The van der Waals surface area contributed by atoms with Crippen LogP contribution in [0.4, 0.5) is 0 Å². The number of esters is 1. The Balaban J connectivity index is 2.64. The summed E-state index contributed by atoms with van der Waals surface area (Å²) in [5.41, 5.74) is 0. The molecule has 0 radical (unpaired) electrons. The van der Waals surface area contributed by atoms with Crippen LogP contribution in [0.25, 0.3) is 0 Å². The van der Waals surface area contributed by atoms with Crippen molar-refractivity contribution in [3.05, 3.63) is 12.2 Å². The highest BCUT2D eigenvalue weighted by atomic mass is 16.7. The van der Waals surface area contributed by atoms with Crippen molar-refractivity contribution < 1.29 is 19.1 Å². The maximum absolute atomic E-state index is 11.3. The zero-order valence-corrected chi connectivity index (χ0v) is 8.52. The molecule has 1 aliphatic rings. The van der Waals surface area contributed by atoms with Crippen molar-refractivity contribution in [3.8, 4) is 0 Å². The van der Waals surface area contributed by atoms with Gasteiger partial charge in [-0.25, -0.2) is 0 Å². The molecule has 78 valence electrons. The van der Waals surface area contributed by atoms with E-state index in [0.29, 0.717) is 0 Å². The minimum atomic E-state index is -0.724. The number of hydrogen-bond acceptors (Lipinski definition) is 4. The molecule has 14 heavy (non-hydrogen) atoms. The van der Waals surface area contributed by atoms with Gasteiger partial charge in [0.15, 0.2) is 5.78 Å². The largest absolute Gasteiger partial charge is 0.432 e. The molecule has 0 aromatic rings. The lowest BCUT2D eigenvalue weighted by Gasteiger charge is -2.26. The van der Waals surface area contributed by atoms with Crippen molar-refractivity contribution in [2.45, 2.75) is 33.2 Å². The van der Waals surface area contributed by atoms with Gasteiger partial charge in [-0.3, -0.25) is 9.59 Å². The fourth-order valence-corrected chi connectivity index (χ4v) is 1.24. The monoisotopic (exact) mass is 198 g/mol.